The van der Waals surface area contributed by atoms with Crippen LogP contribution in [0.2, 0.25) is 0 Å². The summed E-state index contributed by atoms with van der Waals surface area (Å²) in [6.07, 6.45) is 2.72. The fourth-order valence-electron chi connectivity index (χ4n) is 3.67. The van der Waals surface area contributed by atoms with Crippen LogP contribution in [0.5, 0.6) is 0 Å². The van der Waals surface area contributed by atoms with Gasteiger partial charge in [-0.3, -0.25) is 9.69 Å². The minimum absolute atomic E-state index is 0.0740. The molecule has 6 nitrogen and oxygen atoms in total. The summed E-state index contributed by atoms with van der Waals surface area (Å²) in [4.78, 5) is 16.5. The number of carbonyl (C=O) groups is 1. The number of rotatable bonds is 6. The number of carbonyl (C=O) groups excluding carboxylic acids is 1. The summed E-state index contributed by atoms with van der Waals surface area (Å²) in [5.74, 6) is 0.422. The fraction of sp³-hybridized carbons (Fsp3) is 0.938. The summed E-state index contributed by atoms with van der Waals surface area (Å²) >= 11 is 0. The molecule has 0 aromatic rings. The van der Waals surface area contributed by atoms with Crippen molar-refractivity contribution < 1.29 is 13.2 Å². The van der Waals surface area contributed by atoms with Gasteiger partial charge in [0.15, 0.2) is 9.84 Å². The summed E-state index contributed by atoms with van der Waals surface area (Å²) < 4.78 is 23.3. The average Bonchev–Trinajstić information content (AvgIpc) is 2.81. The molecule has 0 aromatic heterocycles. The first-order valence-electron chi connectivity index (χ1n) is 8.79. The molecule has 1 N–H and O–H groups in total. The van der Waals surface area contributed by atoms with E-state index in [9.17, 15) is 13.2 Å². The summed E-state index contributed by atoms with van der Waals surface area (Å²) in [6, 6.07) is 0.911. The molecule has 7 heteroatoms. The van der Waals surface area contributed by atoms with Crippen LogP contribution < -0.4 is 5.32 Å². The van der Waals surface area contributed by atoms with E-state index in [-0.39, 0.29) is 23.5 Å². The Bertz CT molecular complexity index is 499. The highest BCUT2D eigenvalue weighted by atomic mass is 32.2. The number of hydrogen-bond donors (Lipinski definition) is 1. The number of likely N-dealkylation sites (N-methyl/N-ethyl adjacent to an activating group) is 1. The Balaban J connectivity index is 1.82. The SMILES string of the molecule is CCN(C(=O)CN1CCC(NC(C)C)CC1)C1CCS(=O)(=O)C1. The van der Waals surface area contributed by atoms with Gasteiger partial charge in [0.25, 0.3) is 0 Å². The zero-order valence-corrected chi connectivity index (χ0v) is 15.4. The zero-order chi connectivity index (χ0) is 17.0. The van der Waals surface area contributed by atoms with Crippen LogP contribution in [0.3, 0.4) is 0 Å². The van der Waals surface area contributed by atoms with Gasteiger partial charge in [-0.15, -0.1) is 0 Å². The van der Waals surface area contributed by atoms with Crippen LogP contribution in [-0.4, -0.2) is 79.9 Å². The number of nitrogens with one attached hydrogen (secondary N) is 1. The second-order valence-corrected chi connectivity index (χ2v) is 9.34. The number of piperidine rings is 1. The molecule has 1 amide bonds. The molecule has 0 aromatic carbocycles. The Labute approximate surface area is 140 Å². The van der Waals surface area contributed by atoms with Crippen molar-refractivity contribution in [3.8, 4) is 0 Å². The number of sulfone groups is 1. The van der Waals surface area contributed by atoms with Crippen molar-refractivity contribution in [2.45, 2.75) is 58.2 Å². The zero-order valence-electron chi connectivity index (χ0n) is 14.6. The maximum atomic E-state index is 12.6. The molecule has 23 heavy (non-hydrogen) atoms. The standard InChI is InChI=1S/C16H31N3O3S/c1-4-19(15-7-10-23(21,22)12-15)16(20)11-18-8-5-14(6-9-18)17-13(2)3/h13-15,17H,4-12H2,1-3H3. The lowest BCUT2D eigenvalue weighted by molar-refractivity contribution is -0.134. The molecule has 1 unspecified atom stereocenters. The molecule has 1 atom stereocenters. The lowest BCUT2D eigenvalue weighted by atomic mass is 10.0. The Morgan fingerprint density at radius 2 is 1.91 bits per heavy atom. The Morgan fingerprint density at radius 3 is 2.39 bits per heavy atom. The number of amides is 1. The highest BCUT2D eigenvalue weighted by molar-refractivity contribution is 7.91. The van der Waals surface area contributed by atoms with Crippen molar-refractivity contribution in [3.05, 3.63) is 0 Å². The average molecular weight is 346 g/mol. The van der Waals surface area contributed by atoms with Gasteiger partial charge in [0.2, 0.25) is 5.91 Å². The van der Waals surface area contributed by atoms with Gasteiger partial charge < -0.3 is 10.2 Å². The molecule has 2 fully saturated rings. The number of nitrogens with zero attached hydrogens (tertiary/aromatic N) is 2. The van der Waals surface area contributed by atoms with E-state index >= 15 is 0 Å². The van der Waals surface area contributed by atoms with Crippen LogP contribution >= 0.6 is 0 Å². The van der Waals surface area contributed by atoms with Crippen molar-refractivity contribution in [2.24, 2.45) is 0 Å². The lowest BCUT2D eigenvalue weighted by Gasteiger charge is -2.35. The predicted octanol–water partition coefficient (Wildman–Crippen LogP) is 0.484. The van der Waals surface area contributed by atoms with Crippen LogP contribution in [-0.2, 0) is 14.6 Å². The van der Waals surface area contributed by atoms with Crippen molar-refractivity contribution in [1.29, 1.82) is 0 Å². The van der Waals surface area contributed by atoms with Gasteiger partial charge in [-0.05, 0) is 26.2 Å². The van der Waals surface area contributed by atoms with Gasteiger partial charge in [0.05, 0.1) is 18.1 Å². The minimum Gasteiger partial charge on any atom is -0.338 e. The van der Waals surface area contributed by atoms with Gasteiger partial charge in [-0.25, -0.2) is 8.42 Å². The van der Waals surface area contributed by atoms with E-state index in [4.69, 9.17) is 0 Å². The molecule has 2 aliphatic heterocycles. The number of hydrogen-bond acceptors (Lipinski definition) is 5. The maximum Gasteiger partial charge on any atom is 0.237 e. The molecule has 0 saturated carbocycles. The van der Waals surface area contributed by atoms with Crippen LogP contribution in [0, 0.1) is 0 Å². The van der Waals surface area contributed by atoms with E-state index in [2.05, 4.69) is 24.1 Å². The summed E-state index contributed by atoms with van der Waals surface area (Å²) in [5.41, 5.74) is 0. The second-order valence-electron chi connectivity index (χ2n) is 7.11. The Morgan fingerprint density at radius 1 is 1.26 bits per heavy atom. The first-order valence-corrected chi connectivity index (χ1v) is 10.6. The lowest BCUT2D eigenvalue weighted by Crippen LogP contribution is -2.50. The van der Waals surface area contributed by atoms with Gasteiger partial charge in [0.1, 0.15) is 0 Å². The third-order valence-electron chi connectivity index (χ3n) is 4.83. The fourth-order valence-corrected chi connectivity index (χ4v) is 5.40. The van der Waals surface area contributed by atoms with Crippen molar-refractivity contribution in [1.82, 2.24) is 15.1 Å². The van der Waals surface area contributed by atoms with E-state index in [0.717, 1.165) is 25.9 Å². The molecule has 0 radical (unpaired) electrons. The van der Waals surface area contributed by atoms with Crippen molar-refractivity contribution in [3.63, 3.8) is 0 Å². The molecule has 0 bridgehead atoms. The van der Waals surface area contributed by atoms with Crippen LogP contribution in [0.1, 0.15) is 40.0 Å². The van der Waals surface area contributed by atoms with Gasteiger partial charge >= 0.3 is 0 Å². The highest BCUT2D eigenvalue weighted by Gasteiger charge is 2.34. The molecule has 0 spiro atoms. The second kappa shape index (κ2) is 7.94. The van der Waals surface area contributed by atoms with Crippen LogP contribution in [0.4, 0.5) is 0 Å². The molecule has 0 aliphatic carbocycles. The Kier molecular flexibility index (Phi) is 6.45. The quantitative estimate of drug-likeness (QED) is 0.758. The molecule has 2 heterocycles. The molecule has 2 saturated heterocycles. The molecule has 2 rings (SSSR count). The molecular formula is C16H31N3O3S. The maximum absolute atomic E-state index is 12.6. The first-order chi connectivity index (χ1) is 10.8. The summed E-state index contributed by atoms with van der Waals surface area (Å²) in [7, 11) is -2.95. The van der Waals surface area contributed by atoms with Gasteiger partial charge in [0, 0.05) is 37.8 Å². The highest BCUT2D eigenvalue weighted by Crippen LogP contribution is 2.18. The van der Waals surface area contributed by atoms with Crippen LogP contribution in [0.15, 0.2) is 0 Å². The number of likely N-dealkylation sites (tertiary alicyclic amines) is 1. The monoisotopic (exact) mass is 345 g/mol. The van der Waals surface area contributed by atoms with E-state index < -0.39 is 9.84 Å². The predicted molar refractivity (Wildman–Crippen MR) is 92.2 cm³/mol. The topological polar surface area (TPSA) is 69.7 Å². The summed E-state index contributed by atoms with van der Waals surface area (Å²) in [6.45, 7) is 9.10. The molecule has 2 aliphatic rings. The third kappa shape index (κ3) is 5.43. The van der Waals surface area contributed by atoms with Gasteiger partial charge in [-0.1, -0.05) is 13.8 Å². The minimum atomic E-state index is -2.95. The van der Waals surface area contributed by atoms with Crippen molar-refractivity contribution in [2.75, 3.05) is 37.7 Å². The van der Waals surface area contributed by atoms with Crippen LogP contribution in [0.25, 0.3) is 0 Å². The first kappa shape index (κ1) is 18.7. The molecule has 134 valence electrons. The van der Waals surface area contributed by atoms with E-state index in [0.29, 0.717) is 31.6 Å². The van der Waals surface area contributed by atoms with E-state index in [1.165, 1.54) is 0 Å². The summed E-state index contributed by atoms with van der Waals surface area (Å²) in [5, 5.41) is 3.55. The van der Waals surface area contributed by atoms with E-state index in [1.54, 1.807) is 4.90 Å². The largest absolute Gasteiger partial charge is 0.338 e. The van der Waals surface area contributed by atoms with Crippen molar-refractivity contribution >= 4 is 15.7 Å². The third-order valence-corrected chi connectivity index (χ3v) is 6.58. The molecular weight excluding hydrogens is 314 g/mol. The van der Waals surface area contributed by atoms with E-state index in [1.807, 2.05) is 6.92 Å². The Hall–Kier alpha value is -0.660. The normalized spacial score (nSPS) is 25.8. The smallest absolute Gasteiger partial charge is 0.237 e. The van der Waals surface area contributed by atoms with Gasteiger partial charge in [-0.2, -0.15) is 0 Å².